The number of hydrogen-bond donors (Lipinski definition) is 0. The van der Waals surface area contributed by atoms with Crippen molar-refractivity contribution in [2.24, 2.45) is 11.8 Å². The van der Waals surface area contributed by atoms with Crippen LogP contribution in [0.5, 0.6) is 0 Å². The predicted octanol–water partition coefficient (Wildman–Crippen LogP) is 3.22. The van der Waals surface area contributed by atoms with Gasteiger partial charge in [0.1, 0.15) is 5.60 Å². The molecule has 88 valence electrons. The number of allylic oxidation sites excluding steroid dienone is 1. The first kappa shape index (κ1) is 10.4. The molecule has 3 aliphatic rings. The SMILES string of the molecule is C[C@@]1(C2CCCC2)OC(=O)C2=CCCC[C@@H]21. The van der Waals surface area contributed by atoms with Crippen molar-refractivity contribution in [3.05, 3.63) is 11.6 Å². The summed E-state index contributed by atoms with van der Waals surface area (Å²) in [6.45, 7) is 2.18. The summed E-state index contributed by atoms with van der Waals surface area (Å²) in [5.41, 5.74) is 0.806. The van der Waals surface area contributed by atoms with Crippen LogP contribution in [0.4, 0.5) is 0 Å². The second-order valence-electron chi connectivity index (χ2n) is 5.70. The highest BCUT2D eigenvalue weighted by Crippen LogP contribution is 2.50. The molecule has 0 aromatic carbocycles. The maximum atomic E-state index is 11.9. The Morgan fingerprint density at radius 2 is 2.00 bits per heavy atom. The molecule has 0 amide bonds. The summed E-state index contributed by atoms with van der Waals surface area (Å²) in [6, 6.07) is 0. The first-order chi connectivity index (χ1) is 7.72. The maximum Gasteiger partial charge on any atom is 0.334 e. The highest BCUT2D eigenvalue weighted by Gasteiger charge is 2.53. The van der Waals surface area contributed by atoms with E-state index < -0.39 is 0 Å². The molecule has 0 bridgehead atoms. The lowest BCUT2D eigenvalue weighted by atomic mass is 9.72. The summed E-state index contributed by atoms with van der Waals surface area (Å²) in [5.74, 6) is 0.960. The van der Waals surface area contributed by atoms with E-state index in [1.165, 1.54) is 32.1 Å². The van der Waals surface area contributed by atoms with Crippen LogP contribution >= 0.6 is 0 Å². The fourth-order valence-corrected chi connectivity index (χ4v) is 3.89. The van der Waals surface area contributed by atoms with E-state index >= 15 is 0 Å². The van der Waals surface area contributed by atoms with Crippen LogP contribution < -0.4 is 0 Å². The van der Waals surface area contributed by atoms with Crippen molar-refractivity contribution in [1.82, 2.24) is 0 Å². The molecule has 2 fully saturated rings. The van der Waals surface area contributed by atoms with E-state index in [1.54, 1.807) is 0 Å². The third kappa shape index (κ3) is 1.35. The van der Waals surface area contributed by atoms with Gasteiger partial charge in [0.15, 0.2) is 0 Å². The van der Waals surface area contributed by atoms with Crippen molar-refractivity contribution >= 4 is 5.97 Å². The number of cyclic esters (lactones) is 1. The zero-order valence-electron chi connectivity index (χ0n) is 10.00. The maximum absolute atomic E-state index is 11.9. The summed E-state index contributed by atoms with van der Waals surface area (Å²) in [5, 5.41) is 0. The van der Waals surface area contributed by atoms with Crippen LogP contribution in [0.25, 0.3) is 0 Å². The molecule has 1 heterocycles. The average Bonchev–Trinajstić information content (AvgIpc) is 2.89. The molecule has 2 heteroatoms. The van der Waals surface area contributed by atoms with Gasteiger partial charge in [0.05, 0.1) is 0 Å². The van der Waals surface area contributed by atoms with E-state index in [9.17, 15) is 4.79 Å². The lowest BCUT2D eigenvalue weighted by Gasteiger charge is -2.36. The molecular weight excluding hydrogens is 200 g/mol. The molecule has 0 N–H and O–H groups in total. The Labute approximate surface area is 97.1 Å². The second-order valence-corrected chi connectivity index (χ2v) is 5.70. The van der Waals surface area contributed by atoms with E-state index in [0.29, 0.717) is 11.8 Å². The molecule has 3 rings (SSSR count). The third-order valence-electron chi connectivity index (χ3n) is 4.84. The molecule has 0 radical (unpaired) electrons. The zero-order valence-corrected chi connectivity index (χ0v) is 10.00. The fourth-order valence-electron chi connectivity index (χ4n) is 3.89. The van der Waals surface area contributed by atoms with Crippen molar-refractivity contribution in [3.8, 4) is 0 Å². The van der Waals surface area contributed by atoms with Gasteiger partial charge in [0, 0.05) is 11.5 Å². The van der Waals surface area contributed by atoms with Crippen LogP contribution in [-0.4, -0.2) is 11.6 Å². The molecule has 0 aromatic heterocycles. The number of esters is 1. The Morgan fingerprint density at radius 1 is 1.25 bits per heavy atom. The first-order valence-electron chi connectivity index (χ1n) is 6.65. The second kappa shape index (κ2) is 3.61. The molecule has 0 aromatic rings. The van der Waals surface area contributed by atoms with Crippen molar-refractivity contribution in [2.45, 2.75) is 57.5 Å². The highest BCUT2D eigenvalue weighted by molar-refractivity contribution is 5.92. The van der Waals surface area contributed by atoms with Crippen LogP contribution in [0.2, 0.25) is 0 Å². The van der Waals surface area contributed by atoms with Gasteiger partial charge in [-0.15, -0.1) is 0 Å². The van der Waals surface area contributed by atoms with Gasteiger partial charge >= 0.3 is 5.97 Å². The monoisotopic (exact) mass is 220 g/mol. The van der Waals surface area contributed by atoms with Gasteiger partial charge in [0.2, 0.25) is 0 Å². The Bertz CT molecular complexity index is 339. The number of carbonyl (C=O) groups excluding carboxylic acids is 1. The van der Waals surface area contributed by atoms with Crippen molar-refractivity contribution in [3.63, 3.8) is 0 Å². The topological polar surface area (TPSA) is 26.3 Å². The minimum Gasteiger partial charge on any atom is -0.455 e. The van der Waals surface area contributed by atoms with E-state index in [4.69, 9.17) is 4.74 Å². The molecule has 1 saturated carbocycles. The summed E-state index contributed by atoms with van der Waals surface area (Å²) in [4.78, 5) is 11.9. The highest BCUT2D eigenvalue weighted by atomic mass is 16.6. The minimum absolute atomic E-state index is 0.0286. The molecule has 1 aliphatic heterocycles. The molecule has 2 atom stereocenters. The van der Waals surface area contributed by atoms with Crippen LogP contribution in [0.3, 0.4) is 0 Å². The van der Waals surface area contributed by atoms with Gasteiger partial charge in [0.25, 0.3) is 0 Å². The number of carbonyl (C=O) groups is 1. The first-order valence-corrected chi connectivity index (χ1v) is 6.65. The summed E-state index contributed by atoms with van der Waals surface area (Å²) in [7, 11) is 0. The molecule has 2 nitrogen and oxygen atoms in total. The van der Waals surface area contributed by atoms with Gasteiger partial charge in [-0.25, -0.2) is 4.79 Å². The van der Waals surface area contributed by atoms with E-state index in [0.717, 1.165) is 18.4 Å². The molecule has 0 unspecified atom stereocenters. The van der Waals surface area contributed by atoms with Gasteiger partial charge in [-0.3, -0.25) is 0 Å². The number of hydrogen-bond acceptors (Lipinski definition) is 2. The molecule has 0 spiro atoms. The van der Waals surface area contributed by atoms with Crippen molar-refractivity contribution in [2.75, 3.05) is 0 Å². The largest absolute Gasteiger partial charge is 0.455 e. The summed E-state index contributed by atoms with van der Waals surface area (Å²) in [6.07, 6.45) is 10.6. The van der Waals surface area contributed by atoms with Crippen molar-refractivity contribution < 1.29 is 9.53 Å². The Kier molecular flexibility index (Phi) is 2.34. The van der Waals surface area contributed by atoms with E-state index in [-0.39, 0.29) is 11.6 Å². The third-order valence-corrected chi connectivity index (χ3v) is 4.84. The predicted molar refractivity (Wildman–Crippen MR) is 61.9 cm³/mol. The Hall–Kier alpha value is -0.790. The molecular formula is C14H20O2. The molecule has 2 aliphatic carbocycles. The zero-order chi connectivity index (χ0) is 11.2. The van der Waals surface area contributed by atoms with Gasteiger partial charge in [-0.2, -0.15) is 0 Å². The van der Waals surface area contributed by atoms with Gasteiger partial charge in [-0.1, -0.05) is 18.9 Å². The van der Waals surface area contributed by atoms with Crippen LogP contribution in [-0.2, 0) is 9.53 Å². The van der Waals surface area contributed by atoms with Gasteiger partial charge < -0.3 is 4.74 Å². The number of fused-ring (bicyclic) bond motifs is 1. The van der Waals surface area contributed by atoms with Crippen LogP contribution in [0.15, 0.2) is 11.6 Å². The normalized spacial score (nSPS) is 39.4. The van der Waals surface area contributed by atoms with Gasteiger partial charge in [-0.05, 0) is 44.9 Å². The quantitative estimate of drug-likeness (QED) is 0.634. The minimum atomic E-state index is -0.181. The van der Waals surface area contributed by atoms with Crippen molar-refractivity contribution in [1.29, 1.82) is 0 Å². The average molecular weight is 220 g/mol. The lowest BCUT2D eigenvalue weighted by molar-refractivity contribution is -0.151. The molecule has 16 heavy (non-hydrogen) atoms. The number of rotatable bonds is 1. The van der Waals surface area contributed by atoms with E-state index in [2.05, 4.69) is 13.0 Å². The summed E-state index contributed by atoms with van der Waals surface area (Å²) < 4.78 is 5.77. The number of ether oxygens (including phenoxy) is 1. The summed E-state index contributed by atoms with van der Waals surface area (Å²) >= 11 is 0. The van der Waals surface area contributed by atoms with Crippen LogP contribution in [0.1, 0.15) is 51.9 Å². The van der Waals surface area contributed by atoms with E-state index in [1.807, 2.05) is 0 Å². The molecule has 1 saturated heterocycles. The Balaban J connectivity index is 1.93. The standard InChI is InChI=1S/C14H20O2/c1-14(10-6-2-3-7-10)12-9-5-4-8-11(12)13(15)16-14/h8,10,12H,2-7,9H2,1H3/t12-,14-/m0/s1. The fraction of sp³-hybridized carbons (Fsp3) is 0.786. The smallest absolute Gasteiger partial charge is 0.334 e. The van der Waals surface area contributed by atoms with Crippen LogP contribution in [0, 0.1) is 11.8 Å². The Morgan fingerprint density at radius 3 is 2.75 bits per heavy atom. The lowest BCUT2D eigenvalue weighted by Crippen LogP contribution is -2.39.